The summed E-state index contributed by atoms with van der Waals surface area (Å²) < 4.78 is 0. The molecule has 1 fully saturated rings. The molecule has 100 valence electrons. The second-order valence-corrected chi connectivity index (χ2v) is 5.33. The third kappa shape index (κ3) is 2.59. The Morgan fingerprint density at radius 2 is 2.22 bits per heavy atom. The van der Waals surface area contributed by atoms with E-state index in [1.54, 1.807) is 0 Å². The number of halogens is 1. The molecule has 0 amide bonds. The van der Waals surface area contributed by atoms with Crippen LogP contribution in [0.15, 0.2) is 0 Å². The van der Waals surface area contributed by atoms with Gasteiger partial charge < -0.3 is 10.0 Å². The number of aliphatic hydroxyl groups excluding tert-OH is 1. The van der Waals surface area contributed by atoms with Crippen LogP contribution in [0.3, 0.4) is 0 Å². The second kappa shape index (κ2) is 5.41. The Bertz CT molecular complexity index is 436. The van der Waals surface area contributed by atoms with Gasteiger partial charge in [-0.15, -0.1) is 0 Å². The molecule has 1 aliphatic heterocycles. The van der Waals surface area contributed by atoms with Gasteiger partial charge in [0.25, 0.3) is 0 Å². The van der Waals surface area contributed by atoms with Crippen LogP contribution in [0.25, 0.3) is 0 Å². The molecule has 0 spiro atoms. The minimum Gasteiger partial charge on any atom is -0.393 e. The summed E-state index contributed by atoms with van der Waals surface area (Å²) in [7, 11) is 0. The van der Waals surface area contributed by atoms with Crippen LogP contribution in [-0.2, 0) is 6.42 Å². The van der Waals surface area contributed by atoms with Crippen molar-refractivity contribution in [2.45, 2.75) is 39.7 Å². The van der Waals surface area contributed by atoms with E-state index in [2.05, 4.69) is 14.9 Å². The van der Waals surface area contributed by atoms with Gasteiger partial charge in [-0.25, -0.2) is 9.97 Å². The quantitative estimate of drug-likeness (QED) is 0.855. The lowest BCUT2D eigenvalue weighted by molar-refractivity contribution is 0.136. The number of hydrogen-bond acceptors (Lipinski definition) is 4. The minimum atomic E-state index is -0.265. The van der Waals surface area contributed by atoms with Crippen LogP contribution < -0.4 is 4.90 Å². The predicted molar refractivity (Wildman–Crippen MR) is 73.2 cm³/mol. The fraction of sp³-hybridized carbons (Fsp3) is 0.692. The molecule has 1 aromatic rings. The summed E-state index contributed by atoms with van der Waals surface area (Å²) in [4.78, 5) is 11.0. The highest BCUT2D eigenvalue weighted by molar-refractivity contribution is 6.30. The van der Waals surface area contributed by atoms with Crippen LogP contribution >= 0.6 is 11.6 Å². The molecule has 2 unspecified atom stereocenters. The summed E-state index contributed by atoms with van der Waals surface area (Å²) in [6.07, 6.45) is 1.51. The van der Waals surface area contributed by atoms with Gasteiger partial charge >= 0.3 is 0 Å². The summed E-state index contributed by atoms with van der Waals surface area (Å²) in [6, 6.07) is 0. The standard InChI is InChI=1S/C13H20ClN3O/c1-4-11-15-12(14)8(2)13(16-11)17-6-5-10(7-17)9(3)18/h9-10,18H,4-7H2,1-3H3. The summed E-state index contributed by atoms with van der Waals surface area (Å²) in [5.74, 6) is 2.03. The molecule has 2 atom stereocenters. The molecule has 18 heavy (non-hydrogen) atoms. The van der Waals surface area contributed by atoms with Gasteiger partial charge in [0.15, 0.2) is 0 Å². The molecule has 1 aromatic heterocycles. The van der Waals surface area contributed by atoms with Crippen LogP contribution in [0.1, 0.15) is 31.7 Å². The fourth-order valence-electron chi connectivity index (χ4n) is 2.36. The number of aryl methyl sites for hydroxylation is 1. The lowest BCUT2D eigenvalue weighted by Crippen LogP contribution is -2.25. The first-order chi connectivity index (χ1) is 8.52. The zero-order valence-corrected chi connectivity index (χ0v) is 11.9. The van der Waals surface area contributed by atoms with Gasteiger partial charge in [-0.3, -0.25) is 0 Å². The topological polar surface area (TPSA) is 49.2 Å². The normalized spacial score (nSPS) is 21.4. The molecule has 2 heterocycles. The first-order valence-electron chi connectivity index (χ1n) is 6.49. The monoisotopic (exact) mass is 269 g/mol. The van der Waals surface area contributed by atoms with Crippen molar-refractivity contribution in [3.63, 3.8) is 0 Å². The van der Waals surface area contributed by atoms with Gasteiger partial charge in [0.2, 0.25) is 0 Å². The molecule has 0 saturated carbocycles. The van der Waals surface area contributed by atoms with E-state index in [0.717, 1.165) is 43.1 Å². The molecule has 0 bridgehead atoms. The average Bonchev–Trinajstić information content (AvgIpc) is 2.82. The highest BCUT2D eigenvalue weighted by Gasteiger charge is 2.28. The first kappa shape index (κ1) is 13.6. The van der Waals surface area contributed by atoms with E-state index < -0.39 is 0 Å². The predicted octanol–water partition coefficient (Wildman–Crippen LogP) is 2.21. The zero-order valence-electron chi connectivity index (χ0n) is 11.1. The van der Waals surface area contributed by atoms with Gasteiger partial charge in [-0.1, -0.05) is 18.5 Å². The van der Waals surface area contributed by atoms with Gasteiger partial charge in [0, 0.05) is 31.0 Å². The molecule has 0 aromatic carbocycles. The van der Waals surface area contributed by atoms with Crippen molar-refractivity contribution >= 4 is 17.4 Å². The maximum Gasteiger partial charge on any atom is 0.137 e. The van der Waals surface area contributed by atoms with E-state index in [1.165, 1.54) is 0 Å². The summed E-state index contributed by atoms with van der Waals surface area (Å²) in [6.45, 7) is 7.59. The Balaban J connectivity index is 2.26. The SMILES string of the molecule is CCc1nc(Cl)c(C)c(N2CCC(C(C)O)C2)n1. The number of nitrogens with zero attached hydrogens (tertiary/aromatic N) is 3. The third-order valence-electron chi connectivity index (χ3n) is 3.63. The Hall–Kier alpha value is -0.870. The van der Waals surface area contributed by atoms with Crippen molar-refractivity contribution in [2.24, 2.45) is 5.92 Å². The Morgan fingerprint density at radius 3 is 2.78 bits per heavy atom. The van der Waals surface area contributed by atoms with Crippen molar-refractivity contribution in [3.8, 4) is 0 Å². The van der Waals surface area contributed by atoms with E-state index in [1.807, 2.05) is 20.8 Å². The maximum atomic E-state index is 9.66. The van der Waals surface area contributed by atoms with Crippen molar-refractivity contribution in [1.82, 2.24) is 9.97 Å². The van der Waals surface area contributed by atoms with Crippen LogP contribution in [0.5, 0.6) is 0 Å². The van der Waals surface area contributed by atoms with E-state index in [0.29, 0.717) is 11.1 Å². The molecule has 2 rings (SSSR count). The number of aromatic nitrogens is 2. The molecular formula is C13H20ClN3O. The second-order valence-electron chi connectivity index (χ2n) is 4.97. The van der Waals surface area contributed by atoms with Crippen molar-refractivity contribution in [2.75, 3.05) is 18.0 Å². The van der Waals surface area contributed by atoms with Gasteiger partial charge in [0.05, 0.1) is 6.10 Å². The molecule has 1 N–H and O–H groups in total. The van der Waals surface area contributed by atoms with Crippen molar-refractivity contribution < 1.29 is 5.11 Å². The lowest BCUT2D eigenvalue weighted by atomic mass is 10.0. The van der Waals surface area contributed by atoms with Crippen LogP contribution in [0.4, 0.5) is 5.82 Å². The molecular weight excluding hydrogens is 250 g/mol. The minimum absolute atomic E-state index is 0.265. The third-order valence-corrected chi connectivity index (χ3v) is 4.00. The van der Waals surface area contributed by atoms with Gasteiger partial charge in [-0.2, -0.15) is 0 Å². The maximum absolute atomic E-state index is 9.66. The summed E-state index contributed by atoms with van der Waals surface area (Å²) in [5.41, 5.74) is 0.931. The van der Waals surface area contributed by atoms with E-state index in [-0.39, 0.29) is 6.10 Å². The van der Waals surface area contributed by atoms with Crippen LogP contribution in [0, 0.1) is 12.8 Å². The highest BCUT2D eigenvalue weighted by atomic mass is 35.5. The first-order valence-corrected chi connectivity index (χ1v) is 6.86. The molecule has 0 aliphatic carbocycles. The molecule has 5 heteroatoms. The summed E-state index contributed by atoms with van der Waals surface area (Å²) in [5, 5.41) is 10.2. The number of anilines is 1. The zero-order chi connectivity index (χ0) is 13.3. The van der Waals surface area contributed by atoms with E-state index in [9.17, 15) is 5.11 Å². The molecule has 1 saturated heterocycles. The van der Waals surface area contributed by atoms with E-state index in [4.69, 9.17) is 11.6 Å². The van der Waals surface area contributed by atoms with Gasteiger partial charge in [0.1, 0.15) is 16.8 Å². The van der Waals surface area contributed by atoms with Gasteiger partial charge in [-0.05, 0) is 20.3 Å². The molecule has 1 aliphatic rings. The number of rotatable bonds is 3. The fourth-order valence-corrected chi connectivity index (χ4v) is 2.54. The Labute approximate surface area is 113 Å². The average molecular weight is 270 g/mol. The van der Waals surface area contributed by atoms with Crippen molar-refractivity contribution in [3.05, 3.63) is 16.5 Å². The molecule has 0 radical (unpaired) electrons. The Morgan fingerprint density at radius 1 is 1.50 bits per heavy atom. The smallest absolute Gasteiger partial charge is 0.137 e. The Kier molecular flexibility index (Phi) is 4.07. The number of hydrogen-bond donors (Lipinski definition) is 1. The van der Waals surface area contributed by atoms with Crippen molar-refractivity contribution in [1.29, 1.82) is 0 Å². The van der Waals surface area contributed by atoms with Crippen LogP contribution in [0.2, 0.25) is 5.15 Å². The summed E-state index contributed by atoms with van der Waals surface area (Å²) >= 11 is 6.15. The largest absolute Gasteiger partial charge is 0.393 e. The lowest BCUT2D eigenvalue weighted by Gasteiger charge is -2.21. The molecule has 4 nitrogen and oxygen atoms in total. The van der Waals surface area contributed by atoms with Crippen LogP contribution in [-0.4, -0.2) is 34.3 Å². The van der Waals surface area contributed by atoms with E-state index >= 15 is 0 Å². The highest BCUT2D eigenvalue weighted by Crippen LogP contribution is 2.29. The number of aliphatic hydroxyl groups is 1.